The third-order valence-electron chi connectivity index (χ3n) is 3.01. The van der Waals surface area contributed by atoms with Crippen LogP contribution in [0.25, 0.3) is 0 Å². The van der Waals surface area contributed by atoms with Gasteiger partial charge in [-0.25, -0.2) is 0 Å². The Morgan fingerprint density at radius 1 is 0.905 bits per heavy atom. The first-order chi connectivity index (χ1) is 10.2. The Kier molecular flexibility index (Phi) is 5.59. The molecule has 5 heteroatoms. The Labute approximate surface area is 134 Å². The lowest BCUT2D eigenvalue weighted by Gasteiger charge is -2.13. The first kappa shape index (κ1) is 15.8. The molecule has 0 aliphatic carbocycles. The minimum Gasteiger partial charge on any atom is -0.496 e. The molecule has 112 valence electrons. The summed E-state index contributed by atoms with van der Waals surface area (Å²) in [6.45, 7) is 0.325. The second kappa shape index (κ2) is 7.43. The molecule has 0 aromatic heterocycles. The van der Waals surface area contributed by atoms with Crippen molar-refractivity contribution in [1.29, 1.82) is 0 Å². The Hall–Kier alpha value is -1.58. The average Bonchev–Trinajstić information content (AvgIpc) is 2.52. The topological polar surface area (TPSA) is 27.7 Å². The number of rotatable bonds is 6. The first-order valence-corrected chi connectivity index (χ1v) is 7.27. The monoisotopic (exact) mass is 326 g/mol. The summed E-state index contributed by atoms with van der Waals surface area (Å²) < 4.78 is 16.4. The maximum absolute atomic E-state index is 6.01. The van der Waals surface area contributed by atoms with Crippen LogP contribution in [0.1, 0.15) is 11.1 Å². The van der Waals surface area contributed by atoms with Crippen molar-refractivity contribution in [3.8, 4) is 17.2 Å². The van der Waals surface area contributed by atoms with E-state index in [1.807, 2.05) is 30.3 Å². The van der Waals surface area contributed by atoms with E-state index < -0.39 is 0 Å². The second-order valence-electron chi connectivity index (χ2n) is 4.36. The van der Waals surface area contributed by atoms with Gasteiger partial charge in [-0.2, -0.15) is 0 Å². The van der Waals surface area contributed by atoms with E-state index in [0.29, 0.717) is 29.0 Å². The minimum absolute atomic E-state index is 0.325. The summed E-state index contributed by atoms with van der Waals surface area (Å²) in [6, 6.07) is 11.0. The quantitative estimate of drug-likeness (QED) is 0.721. The summed E-state index contributed by atoms with van der Waals surface area (Å²) in [5, 5.41) is 0.635. The van der Waals surface area contributed by atoms with Crippen molar-refractivity contribution in [2.45, 2.75) is 12.5 Å². The lowest BCUT2D eigenvalue weighted by Crippen LogP contribution is -2.00. The maximum atomic E-state index is 6.01. The smallest absolute Gasteiger partial charge is 0.161 e. The number of halogens is 2. The summed E-state index contributed by atoms with van der Waals surface area (Å²) >= 11 is 11.9. The van der Waals surface area contributed by atoms with Crippen LogP contribution in [-0.4, -0.2) is 14.2 Å². The normalized spacial score (nSPS) is 10.3. The first-order valence-electron chi connectivity index (χ1n) is 6.36. The Morgan fingerprint density at radius 2 is 1.62 bits per heavy atom. The zero-order chi connectivity index (χ0) is 15.2. The van der Waals surface area contributed by atoms with Crippen LogP contribution in [0.3, 0.4) is 0 Å². The largest absolute Gasteiger partial charge is 0.496 e. The highest BCUT2D eigenvalue weighted by atomic mass is 35.5. The van der Waals surface area contributed by atoms with E-state index in [4.69, 9.17) is 37.4 Å². The highest BCUT2D eigenvalue weighted by Crippen LogP contribution is 2.31. The molecule has 0 radical (unpaired) electrons. The lowest BCUT2D eigenvalue weighted by molar-refractivity contribution is 0.278. The van der Waals surface area contributed by atoms with Crippen LogP contribution in [-0.2, 0) is 12.5 Å². The van der Waals surface area contributed by atoms with Gasteiger partial charge in [0.1, 0.15) is 12.4 Å². The van der Waals surface area contributed by atoms with Gasteiger partial charge in [0.25, 0.3) is 0 Å². The molecule has 21 heavy (non-hydrogen) atoms. The van der Waals surface area contributed by atoms with Crippen LogP contribution >= 0.6 is 23.2 Å². The number of ether oxygens (including phenoxy) is 3. The fourth-order valence-electron chi connectivity index (χ4n) is 1.93. The van der Waals surface area contributed by atoms with Crippen LogP contribution in [0.4, 0.5) is 0 Å². The molecule has 2 rings (SSSR count). The van der Waals surface area contributed by atoms with Gasteiger partial charge in [-0.05, 0) is 35.9 Å². The Balaban J connectivity index is 2.21. The molecule has 0 aliphatic heterocycles. The lowest BCUT2D eigenvalue weighted by atomic mass is 10.2. The van der Waals surface area contributed by atoms with Gasteiger partial charge < -0.3 is 14.2 Å². The fraction of sp³-hybridized carbons (Fsp3) is 0.250. The molecule has 0 saturated heterocycles. The Bertz CT molecular complexity index is 614. The molecule has 0 unspecified atom stereocenters. The Morgan fingerprint density at radius 3 is 2.29 bits per heavy atom. The molecule has 2 aromatic rings. The van der Waals surface area contributed by atoms with E-state index in [1.165, 1.54) is 0 Å². The van der Waals surface area contributed by atoms with Gasteiger partial charge in [0.2, 0.25) is 0 Å². The molecule has 0 fully saturated rings. The molecular weight excluding hydrogens is 311 g/mol. The second-order valence-corrected chi connectivity index (χ2v) is 5.07. The van der Waals surface area contributed by atoms with Crippen molar-refractivity contribution in [2.75, 3.05) is 14.2 Å². The minimum atomic E-state index is 0.325. The van der Waals surface area contributed by atoms with Crippen molar-refractivity contribution < 1.29 is 14.2 Å². The molecule has 0 spiro atoms. The van der Waals surface area contributed by atoms with Gasteiger partial charge in [0, 0.05) is 16.5 Å². The number of hydrogen-bond donors (Lipinski definition) is 0. The highest BCUT2D eigenvalue weighted by Gasteiger charge is 2.09. The SMILES string of the molecule is COc1ccc(Cl)cc1COc1cc(CCl)ccc1OC. The summed E-state index contributed by atoms with van der Waals surface area (Å²) in [5.74, 6) is 2.44. The molecular formula is C16H16Cl2O3. The number of methoxy groups -OCH3 is 2. The average molecular weight is 327 g/mol. The number of benzene rings is 2. The standard InChI is InChI=1S/C16H16Cl2O3/c1-19-14-6-4-13(18)8-12(14)10-21-16-7-11(9-17)3-5-15(16)20-2/h3-8H,9-10H2,1-2H3. The molecule has 0 bridgehead atoms. The van der Waals surface area contributed by atoms with Crippen molar-refractivity contribution in [3.63, 3.8) is 0 Å². The van der Waals surface area contributed by atoms with E-state index in [0.717, 1.165) is 16.9 Å². The predicted molar refractivity (Wildman–Crippen MR) is 84.9 cm³/mol. The van der Waals surface area contributed by atoms with Gasteiger partial charge in [-0.1, -0.05) is 17.7 Å². The van der Waals surface area contributed by atoms with Crippen LogP contribution in [0, 0.1) is 0 Å². The van der Waals surface area contributed by atoms with Crippen LogP contribution in [0.2, 0.25) is 5.02 Å². The maximum Gasteiger partial charge on any atom is 0.161 e. The van der Waals surface area contributed by atoms with Gasteiger partial charge in [-0.15, -0.1) is 11.6 Å². The third kappa shape index (κ3) is 3.96. The molecule has 0 aliphatic rings. The molecule has 3 nitrogen and oxygen atoms in total. The molecule has 0 N–H and O–H groups in total. The highest BCUT2D eigenvalue weighted by molar-refractivity contribution is 6.30. The van der Waals surface area contributed by atoms with Gasteiger partial charge in [0.15, 0.2) is 11.5 Å². The number of hydrogen-bond acceptors (Lipinski definition) is 3. The fourth-order valence-corrected chi connectivity index (χ4v) is 2.29. The van der Waals surface area contributed by atoms with Crippen LogP contribution in [0.15, 0.2) is 36.4 Å². The van der Waals surface area contributed by atoms with Crippen molar-refractivity contribution in [3.05, 3.63) is 52.5 Å². The zero-order valence-corrected chi connectivity index (χ0v) is 13.4. The van der Waals surface area contributed by atoms with Crippen molar-refractivity contribution in [1.82, 2.24) is 0 Å². The third-order valence-corrected chi connectivity index (χ3v) is 3.55. The van der Waals surface area contributed by atoms with Gasteiger partial charge in [-0.3, -0.25) is 0 Å². The van der Waals surface area contributed by atoms with Crippen LogP contribution < -0.4 is 14.2 Å². The summed E-state index contributed by atoms with van der Waals surface area (Å²) in [5.41, 5.74) is 1.83. The summed E-state index contributed by atoms with van der Waals surface area (Å²) in [7, 11) is 3.21. The van der Waals surface area contributed by atoms with Crippen molar-refractivity contribution >= 4 is 23.2 Å². The van der Waals surface area contributed by atoms with Gasteiger partial charge >= 0.3 is 0 Å². The summed E-state index contributed by atoms with van der Waals surface area (Å²) in [4.78, 5) is 0. The van der Waals surface area contributed by atoms with E-state index in [9.17, 15) is 0 Å². The molecule has 0 atom stereocenters. The summed E-state index contributed by atoms with van der Waals surface area (Å²) in [6.07, 6.45) is 0. The number of alkyl halides is 1. The van der Waals surface area contributed by atoms with E-state index in [-0.39, 0.29) is 0 Å². The van der Waals surface area contributed by atoms with E-state index >= 15 is 0 Å². The zero-order valence-electron chi connectivity index (χ0n) is 11.9. The van der Waals surface area contributed by atoms with E-state index in [1.54, 1.807) is 20.3 Å². The molecule has 2 aromatic carbocycles. The molecule has 0 amide bonds. The van der Waals surface area contributed by atoms with Crippen molar-refractivity contribution in [2.24, 2.45) is 0 Å². The molecule has 0 heterocycles. The van der Waals surface area contributed by atoms with Gasteiger partial charge in [0.05, 0.1) is 14.2 Å². The van der Waals surface area contributed by atoms with Crippen LogP contribution in [0.5, 0.6) is 17.2 Å². The molecule has 0 saturated carbocycles. The van der Waals surface area contributed by atoms with E-state index in [2.05, 4.69) is 0 Å². The predicted octanol–water partition coefficient (Wildman–Crippen LogP) is 4.68.